The summed E-state index contributed by atoms with van der Waals surface area (Å²) in [4.78, 5) is 25.4. The SMILES string of the molecule is COC(=O)C(N(C=O)c1ccc(C#CC#CCC(C)O)cc1)C1(OC)CS(=O)(=O)C1. The Hall–Kier alpha value is -2.85. The minimum absolute atomic E-state index is 0.327. The third kappa shape index (κ3) is 5.39. The molecule has 0 bridgehead atoms. The molecule has 30 heavy (non-hydrogen) atoms. The molecule has 1 N–H and O–H groups in total. The van der Waals surface area contributed by atoms with Crippen molar-refractivity contribution in [2.75, 3.05) is 30.6 Å². The molecule has 1 aromatic carbocycles. The highest BCUT2D eigenvalue weighted by Crippen LogP contribution is 2.35. The molecule has 1 fully saturated rings. The zero-order chi connectivity index (χ0) is 22.4. The van der Waals surface area contributed by atoms with Crippen LogP contribution in [0, 0.1) is 23.7 Å². The van der Waals surface area contributed by atoms with Crippen LogP contribution in [-0.4, -0.2) is 69.4 Å². The molecule has 2 unspecified atom stereocenters. The second-order valence-corrected chi connectivity index (χ2v) is 8.96. The van der Waals surface area contributed by atoms with Gasteiger partial charge >= 0.3 is 5.97 Å². The van der Waals surface area contributed by atoms with E-state index in [1.165, 1.54) is 7.11 Å². The molecule has 1 aliphatic heterocycles. The van der Waals surface area contributed by atoms with Crippen LogP contribution < -0.4 is 4.90 Å². The van der Waals surface area contributed by atoms with Crippen LogP contribution in [0.25, 0.3) is 0 Å². The first-order valence-corrected chi connectivity index (χ1v) is 10.8. The largest absolute Gasteiger partial charge is 0.467 e. The van der Waals surface area contributed by atoms with Gasteiger partial charge in [0, 0.05) is 24.8 Å². The van der Waals surface area contributed by atoms with Crippen molar-refractivity contribution in [2.45, 2.75) is 31.1 Å². The van der Waals surface area contributed by atoms with Crippen molar-refractivity contribution in [2.24, 2.45) is 0 Å². The lowest BCUT2D eigenvalue weighted by molar-refractivity contribution is -0.150. The molecule has 2 atom stereocenters. The molecule has 1 saturated heterocycles. The van der Waals surface area contributed by atoms with Gasteiger partial charge in [0.05, 0.1) is 24.7 Å². The van der Waals surface area contributed by atoms with E-state index in [4.69, 9.17) is 14.6 Å². The number of esters is 1. The highest BCUT2D eigenvalue weighted by molar-refractivity contribution is 7.93. The van der Waals surface area contributed by atoms with E-state index in [9.17, 15) is 18.0 Å². The Morgan fingerprint density at radius 2 is 1.90 bits per heavy atom. The lowest BCUT2D eigenvalue weighted by atomic mass is 9.95. The molecule has 0 saturated carbocycles. The fourth-order valence-electron chi connectivity index (χ4n) is 3.12. The zero-order valence-electron chi connectivity index (χ0n) is 16.9. The lowest BCUT2D eigenvalue weighted by Crippen LogP contribution is -2.70. The molecule has 9 heteroatoms. The second kappa shape index (κ2) is 9.77. The van der Waals surface area contributed by atoms with E-state index in [0.29, 0.717) is 24.1 Å². The minimum Gasteiger partial charge on any atom is -0.467 e. The standard InChI is InChI=1S/C21H23NO7S/c1-16(24)7-5-4-6-8-17-9-11-18(12-10-17)22(15-23)19(20(25)28-2)21(29-3)13-30(26,27)14-21/h9-12,15-16,19,24H,7,13-14H2,1-3H3. The smallest absolute Gasteiger partial charge is 0.332 e. The van der Waals surface area contributed by atoms with Gasteiger partial charge in [0.25, 0.3) is 0 Å². The number of ether oxygens (including phenoxy) is 2. The first kappa shape index (κ1) is 23.4. The number of sulfone groups is 1. The molecular weight excluding hydrogens is 410 g/mol. The number of hydrogen-bond acceptors (Lipinski definition) is 7. The molecule has 2 rings (SSSR count). The number of benzene rings is 1. The molecule has 1 aromatic rings. The van der Waals surface area contributed by atoms with Crippen molar-refractivity contribution in [3.63, 3.8) is 0 Å². The van der Waals surface area contributed by atoms with Crippen LogP contribution in [-0.2, 0) is 28.9 Å². The molecule has 0 aliphatic carbocycles. The predicted molar refractivity (Wildman–Crippen MR) is 110 cm³/mol. The summed E-state index contributed by atoms with van der Waals surface area (Å²) in [5, 5.41) is 9.14. The van der Waals surface area contributed by atoms with E-state index >= 15 is 0 Å². The van der Waals surface area contributed by atoms with E-state index in [1.54, 1.807) is 31.2 Å². The van der Waals surface area contributed by atoms with Gasteiger partial charge < -0.3 is 14.6 Å². The molecule has 160 valence electrons. The molecule has 1 amide bonds. The summed E-state index contributed by atoms with van der Waals surface area (Å²) in [5.41, 5.74) is -0.407. The second-order valence-electron chi connectivity index (χ2n) is 6.89. The quantitative estimate of drug-likeness (QED) is 0.370. The van der Waals surface area contributed by atoms with Crippen LogP contribution >= 0.6 is 0 Å². The summed E-state index contributed by atoms with van der Waals surface area (Å²) in [6, 6.07) is 5.17. The van der Waals surface area contributed by atoms with Crippen LogP contribution in [0.4, 0.5) is 5.69 Å². The summed E-state index contributed by atoms with van der Waals surface area (Å²) in [7, 11) is -0.906. The summed E-state index contributed by atoms with van der Waals surface area (Å²) in [5.74, 6) is 9.29. The number of rotatable bonds is 7. The first-order valence-electron chi connectivity index (χ1n) is 9.02. The number of carbonyl (C=O) groups is 2. The van der Waals surface area contributed by atoms with Gasteiger partial charge in [0.15, 0.2) is 15.9 Å². The van der Waals surface area contributed by atoms with Crippen LogP contribution in [0.2, 0.25) is 0 Å². The Labute approximate surface area is 176 Å². The van der Waals surface area contributed by atoms with E-state index in [-0.39, 0.29) is 0 Å². The third-order valence-electron chi connectivity index (χ3n) is 4.57. The molecule has 0 radical (unpaired) electrons. The molecule has 1 heterocycles. The zero-order valence-corrected chi connectivity index (χ0v) is 17.7. The molecule has 0 aromatic heterocycles. The van der Waals surface area contributed by atoms with Crippen LogP contribution in [0.3, 0.4) is 0 Å². The summed E-state index contributed by atoms with van der Waals surface area (Å²) >= 11 is 0. The number of nitrogens with zero attached hydrogens (tertiary/aromatic N) is 1. The van der Waals surface area contributed by atoms with Gasteiger partial charge in [-0.2, -0.15) is 0 Å². The number of aliphatic hydroxyl groups excluding tert-OH is 1. The molecule has 8 nitrogen and oxygen atoms in total. The van der Waals surface area contributed by atoms with Crippen molar-refractivity contribution >= 4 is 27.9 Å². The van der Waals surface area contributed by atoms with Gasteiger partial charge in [-0.05, 0) is 43.0 Å². The monoisotopic (exact) mass is 433 g/mol. The summed E-state index contributed by atoms with van der Waals surface area (Å²) in [6.07, 6.45) is 0.250. The maximum Gasteiger partial charge on any atom is 0.332 e. The van der Waals surface area contributed by atoms with E-state index in [2.05, 4.69) is 23.7 Å². The number of methoxy groups -OCH3 is 2. The Morgan fingerprint density at radius 1 is 1.27 bits per heavy atom. The number of carbonyl (C=O) groups excluding carboxylic acids is 2. The van der Waals surface area contributed by atoms with Gasteiger partial charge in [-0.15, -0.1) is 0 Å². The van der Waals surface area contributed by atoms with E-state index in [1.807, 2.05) is 0 Å². The summed E-state index contributed by atoms with van der Waals surface area (Å²) < 4.78 is 33.7. The van der Waals surface area contributed by atoms with Crippen molar-refractivity contribution in [1.29, 1.82) is 0 Å². The van der Waals surface area contributed by atoms with Crippen LogP contribution in [0.1, 0.15) is 18.9 Å². The normalized spacial score (nSPS) is 17.6. The molecule has 0 spiro atoms. The Kier molecular flexibility index (Phi) is 7.63. The van der Waals surface area contributed by atoms with Gasteiger partial charge in [-0.3, -0.25) is 9.69 Å². The Bertz CT molecular complexity index is 995. The van der Waals surface area contributed by atoms with Crippen LogP contribution in [0.5, 0.6) is 0 Å². The van der Waals surface area contributed by atoms with Crippen molar-refractivity contribution in [3.05, 3.63) is 29.8 Å². The fraction of sp³-hybridized carbons (Fsp3) is 0.429. The predicted octanol–water partition coefficient (Wildman–Crippen LogP) is 0.130. The van der Waals surface area contributed by atoms with Crippen molar-refractivity contribution < 1.29 is 32.6 Å². The molecular formula is C21H23NO7S. The van der Waals surface area contributed by atoms with Crippen molar-refractivity contribution in [1.82, 2.24) is 0 Å². The third-order valence-corrected chi connectivity index (χ3v) is 6.43. The molecule has 1 aliphatic rings. The Morgan fingerprint density at radius 3 is 2.37 bits per heavy atom. The van der Waals surface area contributed by atoms with Gasteiger partial charge in [0.1, 0.15) is 5.60 Å². The number of hydrogen-bond donors (Lipinski definition) is 1. The van der Waals surface area contributed by atoms with Crippen LogP contribution in [0.15, 0.2) is 24.3 Å². The first-order chi connectivity index (χ1) is 14.2. The highest BCUT2D eigenvalue weighted by Gasteiger charge is 2.59. The van der Waals surface area contributed by atoms with E-state index in [0.717, 1.165) is 12.0 Å². The minimum atomic E-state index is -3.36. The number of aliphatic hydroxyl groups is 1. The lowest BCUT2D eigenvalue weighted by Gasteiger charge is -2.46. The fourth-order valence-corrected chi connectivity index (χ4v) is 5.07. The topological polar surface area (TPSA) is 110 Å². The van der Waals surface area contributed by atoms with E-state index < -0.39 is 45.1 Å². The average molecular weight is 433 g/mol. The highest BCUT2D eigenvalue weighted by atomic mass is 32.2. The summed E-state index contributed by atoms with van der Waals surface area (Å²) in [6.45, 7) is 1.63. The maximum absolute atomic E-state index is 12.5. The number of amides is 1. The van der Waals surface area contributed by atoms with Gasteiger partial charge in [-0.1, -0.05) is 11.8 Å². The average Bonchev–Trinajstić information content (AvgIpc) is 2.69. The van der Waals surface area contributed by atoms with Crippen molar-refractivity contribution in [3.8, 4) is 23.7 Å². The number of anilines is 1. The Balaban J connectivity index is 2.30. The van der Waals surface area contributed by atoms with Gasteiger partial charge in [-0.25, -0.2) is 13.2 Å². The van der Waals surface area contributed by atoms with Gasteiger partial charge in [0.2, 0.25) is 6.41 Å². The maximum atomic E-state index is 12.5.